The molecule has 0 fully saturated rings. The Labute approximate surface area is 152 Å². The Kier molecular flexibility index (Phi) is 4.34. The molecule has 0 saturated carbocycles. The van der Waals surface area contributed by atoms with Crippen molar-refractivity contribution in [2.75, 3.05) is 13.2 Å². The van der Waals surface area contributed by atoms with Gasteiger partial charge in [0.25, 0.3) is 0 Å². The van der Waals surface area contributed by atoms with Gasteiger partial charge in [0.05, 0.1) is 17.8 Å². The van der Waals surface area contributed by atoms with Crippen LogP contribution in [0.25, 0.3) is 10.9 Å². The second-order valence-electron chi connectivity index (χ2n) is 6.11. The Bertz CT molecular complexity index is 1060. The number of aromatic nitrogens is 2. The van der Waals surface area contributed by atoms with Gasteiger partial charge in [0, 0.05) is 37.2 Å². The Morgan fingerprint density at radius 1 is 1.15 bits per heavy atom. The number of ether oxygens (including phenoxy) is 1. The molecule has 6 nitrogen and oxygen atoms in total. The van der Waals surface area contributed by atoms with Crippen molar-refractivity contribution in [2.45, 2.75) is 24.8 Å². The van der Waals surface area contributed by atoms with Crippen LogP contribution in [-0.4, -0.2) is 35.8 Å². The molecule has 1 aromatic carbocycles. The van der Waals surface area contributed by atoms with Crippen LogP contribution in [0.2, 0.25) is 0 Å². The van der Waals surface area contributed by atoms with E-state index in [1.165, 1.54) is 4.31 Å². The fourth-order valence-corrected chi connectivity index (χ4v) is 4.81. The summed E-state index contributed by atoms with van der Waals surface area (Å²) >= 11 is 0. The minimum Gasteiger partial charge on any atom is -0.478 e. The quantitative estimate of drug-likeness (QED) is 0.707. The van der Waals surface area contributed by atoms with E-state index in [0.29, 0.717) is 37.5 Å². The summed E-state index contributed by atoms with van der Waals surface area (Å²) in [6.45, 7) is 3.16. The van der Waals surface area contributed by atoms with Crippen LogP contribution in [0.5, 0.6) is 5.88 Å². The molecule has 0 bridgehead atoms. The Morgan fingerprint density at radius 3 is 2.85 bits per heavy atom. The van der Waals surface area contributed by atoms with Crippen molar-refractivity contribution in [2.24, 2.45) is 0 Å². The fraction of sp³-hybridized carbons (Fsp3) is 0.263. The zero-order chi connectivity index (χ0) is 18.1. The van der Waals surface area contributed by atoms with Gasteiger partial charge in [0.1, 0.15) is 4.90 Å². The molecule has 134 valence electrons. The molecule has 4 rings (SSSR count). The maximum Gasteiger partial charge on any atom is 0.245 e. The normalized spacial score (nSPS) is 15.0. The van der Waals surface area contributed by atoms with Gasteiger partial charge in [-0.3, -0.25) is 4.98 Å². The summed E-state index contributed by atoms with van der Waals surface area (Å²) in [6, 6.07) is 12.6. The summed E-state index contributed by atoms with van der Waals surface area (Å²) in [7, 11) is -3.64. The van der Waals surface area contributed by atoms with Crippen LogP contribution in [0.4, 0.5) is 0 Å². The van der Waals surface area contributed by atoms with E-state index in [0.717, 1.165) is 16.6 Å². The molecule has 0 saturated heterocycles. The number of rotatable bonds is 4. The van der Waals surface area contributed by atoms with E-state index in [1.807, 2.05) is 25.1 Å². The summed E-state index contributed by atoms with van der Waals surface area (Å²) in [5.41, 5.74) is 2.32. The van der Waals surface area contributed by atoms with Crippen LogP contribution in [0, 0.1) is 0 Å². The SMILES string of the molecule is CCOc1ccc2c(n1)CCN(S(=O)(=O)c1cccc3cccnc13)C2. The molecular weight excluding hydrogens is 350 g/mol. The second-order valence-corrected chi connectivity index (χ2v) is 8.01. The first-order valence-corrected chi connectivity index (χ1v) is 9.99. The van der Waals surface area contributed by atoms with Crippen LogP contribution in [0.15, 0.2) is 53.6 Å². The highest BCUT2D eigenvalue weighted by Crippen LogP contribution is 2.28. The lowest BCUT2D eigenvalue weighted by molar-refractivity contribution is 0.322. The van der Waals surface area contributed by atoms with Gasteiger partial charge in [0.2, 0.25) is 15.9 Å². The van der Waals surface area contributed by atoms with Crippen LogP contribution >= 0.6 is 0 Å². The van der Waals surface area contributed by atoms with E-state index in [4.69, 9.17) is 4.74 Å². The molecule has 0 amide bonds. The highest BCUT2D eigenvalue weighted by molar-refractivity contribution is 7.89. The second kappa shape index (κ2) is 6.66. The average Bonchev–Trinajstić information content (AvgIpc) is 2.67. The summed E-state index contributed by atoms with van der Waals surface area (Å²) < 4.78 is 33.4. The van der Waals surface area contributed by atoms with E-state index in [-0.39, 0.29) is 4.90 Å². The average molecular weight is 369 g/mol. The molecule has 3 aromatic rings. The number of hydrogen-bond donors (Lipinski definition) is 0. The summed E-state index contributed by atoms with van der Waals surface area (Å²) in [5.74, 6) is 0.584. The van der Waals surface area contributed by atoms with Crippen LogP contribution in [0.1, 0.15) is 18.2 Å². The third-order valence-corrected chi connectivity index (χ3v) is 6.37. The van der Waals surface area contributed by atoms with Gasteiger partial charge in [-0.25, -0.2) is 13.4 Å². The molecule has 2 aromatic heterocycles. The van der Waals surface area contributed by atoms with E-state index in [2.05, 4.69) is 9.97 Å². The molecule has 0 N–H and O–H groups in total. The molecule has 1 aliphatic heterocycles. The molecule has 0 atom stereocenters. The van der Waals surface area contributed by atoms with Crippen molar-refractivity contribution in [3.63, 3.8) is 0 Å². The van der Waals surface area contributed by atoms with Crippen molar-refractivity contribution in [3.05, 3.63) is 59.9 Å². The van der Waals surface area contributed by atoms with Gasteiger partial charge in [-0.2, -0.15) is 4.31 Å². The lowest BCUT2D eigenvalue weighted by atomic mass is 10.1. The lowest BCUT2D eigenvalue weighted by Crippen LogP contribution is -2.36. The monoisotopic (exact) mass is 369 g/mol. The van der Waals surface area contributed by atoms with Gasteiger partial charge < -0.3 is 4.74 Å². The van der Waals surface area contributed by atoms with Gasteiger partial charge >= 0.3 is 0 Å². The molecule has 1 aliphatic rings. The first-order valence-electron chi connectivity index (χ1n) is 8.55. The van der Waals surface area contributed by atoms with Crippen molar-refractivity contribution >= 4 is 20.9 Å². The molecular formula is C19H19N3O3S. The van der Waals surface area contributed by atoms with Gasteiger partial charge in [-0.15, -0.1) is 0 Å². The fourth-order valence-electron chi connectivity index (χ4n) is 3.23. The number of sulfonamides is 1. The highest BCUT2D eigenvalue weighted by Gasteiger charge is 2.30. The summed E-state index contributed by atoms with van der Waals surface area (Å²) in [4.78, 5) is 9.02. The van der Waals surface area contributed by atoms with Gasteiger partial charge in [0.15, 0.2) is 0 Å². The Balaban J connectivity index is 1.69. The number of nitrogens with zero attached hydrogens (tertiary/aromatic N) is 3. The van der Waals surface area contributed by atoms with Crippen molar-refractivity contribution in [1.82, 2.24) is 14.3 Å². The van der Waals surface area contributed by atoms with Crippen molar-refractivity contribution in [1.29, 1.82) is 0 Å². The van der Waals surface area contributed by atoms with Gasteiger partial charge in [-0.05, 0) is 24.6 Å². The Hall–Kier alpha value is -2.51. The molecule has 26 heavy (non-hydrogen) atoms. The third kappa shape index (κ3) is 2.93. The third-order valence-electron chi connectivity index (χ3n) is 4.49. The molecule has 7 heteroatoms. The molecule has 3 heterocycles. The van der Waals surface area contributed by atoms with E-state index in [9.17, 15) is 8.42 Å². The van der Waals surface area contributed by atoms with E-state index >= 15 is 0 Å². The van der Waals surface area contributed by atoms with Gasteiger partial charge in [-0.1, -0.05) is 24.3 Å². The largest absolute Gasteiger partial charge is 0.478 e. The number of hydrogen-bond acceptors (Lipinski definition) is 5. The highest BCUT2D eigenvalue weighted by atomic mass is 32.2. The zero-order valence-corrected chi connectivity index (χ0v) is 15.2. The number of benzene rings is 1. The maximum absolute atomic E-state index is 13.2. The molecule has 0 spiro atoms. The maximum atomic E-state index is 13.2. The predicted molar refractivity (Wildman–Crippen MR) is 98.4 cm³/mol. The molecule has 0 radical (unpaired) electrons. The number of pyridine rings is 2. The van der Waals surface area contributed by atoms with E-state index < -0.39 is 10.0 Å². The van der Waals surface area contributed by atoms with Crippen molar-refractivity contribution in [3.8, 4) is 5.88 Å². The van der Waals surface area contributed by atoms with Crippen LogP contribution in [-0.2, 0) is 23.0 Å². The lowest BCUT2D eigenvalue weighted by Gasteiger charge is -2.28. The first-order chi connectivity index (χ1) is 12.6. The first kappa shape index (κ1) is 16.9. The number of para-hydroxylation sites is 1. The smallest absolute Gasteiger partial charge is 0.245 e. The standard InChI is InChI=1S/C19H19N3O3S/c1-2-25-18-9-8-15-13-22(12-10-16(15)21-18)26(23,24)17-7-3-5-14-6-4-11-20-19(14)17/h3-9,11H,2,10,12-13H2,1H3. The number of fused-ring (bicyclic) bond motifs is 2. The zero-order valence-electron chi connectivity index (χ0n) is 14.4. The Morgan fingerprint density at radius 2 is 2.00 bits per heavy atom. The van der Waals surface area contributed by atoms with Crippen LogP contribution < -0.4 is 4.74 Å². The summed E-state index contributed by atoms with van der Waals surface area (Å²) in [6.07, 6.45) is 2.18. The van der Waals surface area contributed by atoms with E-state index in [1.54, 1.807) is 30.5 Å². The summed E-state index contributed by atoms with van der Waals surface area (Å²) in [5, 5.41) is 0.814. The predicted octanol–water partition coefficient (Wildman–Crippen LogP) is 2.78. The van der Waals surface area contributed by atoms with Crippen LogP contribution in [0.3, 0.4) is 0 Å². The van der Waals surface area contributed by atoms with Crippen molar-refractivity contribution < 1.29 is 13.2 Å². The molecule has 0 aliphatic carbocycles. The topological polar surface area (TPSA) is 72.4 Å². The minimum atomic E-state index is -3.64. The minimum absolute atomic E-state index is 0.248. The molecule has 0 unspecified atom stereocenters.